The van der Waals surface area contributed by atoms with Crippen molar-refractivity contribution in [1.82, 2.24) is 4.98 Å². The number of carbonyl (C=O) groups is 1. The number of hydrogen-bond acceptors (Lipinski definition) is 5. The molecule has 170 valence electrons. The summed E-state index contributed by atoms with van der Waals surface area (Å²) in [4.78, 5) is 16.4. The molecular weight excluding hydrogens is 457 g/mol. The summed E-state index contributed by atoms with van der Waals surface area (Å²) >= 11 is 5.85. The van der Waals surface area contributed by atoms with Crippen LogP contribution in [-0.2, 0) is 11.0 Å². The van der Waals surface area contributed by atoms with Gasteiger partial charge >= 0.3 is 6.18 Å². The van der Waals surface area contributed by atoms with Crippen LogP contribution < -0.4 is 9.47 Å². The van der Waals surface area contributed by atoms with E-state index in [9.17, 15) is 23.2 Å². The highest BCUT2D eigenvalue weighted by Crippen LogP contribution is 2.35. The van der Waals surface area contributed by atoms with Crippen molar-refractivity contribution in [2.24, 2.45) is 0 Å². The SMILES string of the molecule is Cc1cccc(C(C#N)C(=O)C(C)Oc2ccc(Oc3ncc(C(F)(F)F)cc3Cl)cc2)c1. The molecule has 2 atom stereocenters. The van der Waals surface area contributed by atoms with Gasteiger partial charge in [0.15, 0.2) is 11.9 Å². The molecule has 0 aliphatic heterocycles. The van der Waals surface area contributed by atoms with Crippen LogP contribution in [0.5, 0.6) is 17.4 Å². The zero-order valence-corrected chi connectivity index (χ0v) is 18.3. The summed E-state index contributed by atoms with van der Waals surface area (Å²) in [6.07, 6.45) is -4.83. The zero-order valence-electron chi connectivity index (χ0n) is 17.6. The third-order valence-corrected chi connectivity index (χ3v) is 4.95. The molecule has 0 amide bonds. The maximum Gasteiger partial charge on any atom is 0.417 e. The van der Waals surface area contributed by atoms with E-state index in [4.69, 9.17) is 21.1 Å². The van der Waals surface area contributed by atoms with Crippen molar-refractivity contribution in [2.45, 2.75) is 32.0 Å². The number of alkyl halides is 3. The molecule has 0 saturated carbocycles. The van der Waals surface area contributed by atoms with Gasteiger partial charge in [-0.05, 0) is 49.7 Å². The van der Waals surface area contributed by atoms with E-state index in [0.717, 1.165) is 11.6 Å². The Kier molecular flexibility index (Phi) is 7.24. The summed E-state index contributed by atoms with van der Waals surface area (Å²) in [5.74, 6) is -0.933. The molecule has 0 spiro atoms. The van der Waals surface area contributed by atoms with Gasteiger partial charge in [0.05, 0.1) is 11.6 Å². The average molecular weight is 475 g/mol. The van der Waals surface area contributed by atoms with Crippen molar-refractivity contribution < 1.29 is 27.4 Å². The Hall–Kier alpha value is -3.57. The van der Waals surface area contributed by atoms with Gasteiger partial charge < -0.3 is 9.47 Å². The van der Waals surface area contributed by atoms with Crippen LogP contribution in [0.1, 0.15) is 29.5 Å². The van der Waals surface area contributed by atoms with E-state index in [1.165, 1.54) is 24.3 Å². The highest BCUT2D eigenvalue weighted by atomic mass is 35.5. The van der Waals surface area contributed by atoms with Gasteiger partial charge in [0, 0.05) is 6.20 Å². The molecule has 33 heavy (non-hydrogen) atoms. The van der Waals surface area contributed by atoms with E-state index < -0.39 is 23.8 Å². The number of Topliss-reactive ketones (excluding diaryl/α,β-unsaturated/α-hetero) is 1. The maximum atomic E-state index is 12.8. The highest BCUT2D eigenvalue weighted by Gasteiger charge is 2.32. The monoisotopic (exact) mass is 474 g/mol. The van der Waals surface area contributed by atoms with E-state index in [1.54, 1.807) is 25.1 Å². The molecule has 0 N–H and O–H groups in total. The van der Waals surface area contributed by atoms with Gasteiger partial charge in [-0.3, -0.25) is 4.79 Å². The van der Waals surface area contributed by atoms with Crippen LogP contribution >= 0.6 is 11.6 Å². The molecule has 2 unspecified atom stereocenters. The fourth-order valence-corrected chi connectivity index (χ4v) is 3.21. The van der Waals surface area contributed by atoms with Crippen LogP contribution in [0.15, 0.2) is 60.8 Å². The second kappa shape index (κ2) is 9.92. The number of hydrogen-bond donors (Lipinski definition) is 0. The first kappa shape index (κ1) is 24.1. The molecule has 0 saturated heterocycles. The fraction of sp³-hybridized carbons (Fsp3) is 0.208. The first-order chi connectivity index (χ1) is 15.6. The molecule has 0 aliphatic carbocycles. The standard InChI is InChI=1S/C24H18ClF3N2O3/c1-14-4-3-5-16(10-14)20(12-29)22(31)15(2)32-18-6-8-19(9-7-18)33-23-21(25)11-17(13-30-23)24(26,27)28/h3-11,13,15,20H,1-2H3. The normalized spacial score (nSPS) is 13.0. The van der Waals surface area contributed by atoms with Crippen LogP contribution in [0.25, 0.3) is 0 Å². The van der Waals surface area contributed by atoms with Crippen molar-refractivity contribution in [3.05, 3.63) is 82.5 Å². The first-order valence-electron chi connectivity index (χ1n) is 9.75. The van der Waals surface area contributed by atoms with Crippen LogP contribution in [-0.4, -0.2) is 16.9 Å². The topological polar surface area (TPSA) is 72.2 Å². The summed E-state index contributed by atoms with van der Waals surface area (Å²) in [5.41, 5.74) is 0.554. The number of nitrogens with zero attached hydrogens (tertiary/aromatic N) is 2. The lowest BCUT2D eigenvalue weighted by Gasteiger charge is -2.17. The number of carbonyl (C=O) groups excluding carboxylic acids is 1. The number of ether oxygens (including phenoxy) is 2. The number of halogens is 4. The zero-order chi connectivity index (χ0) is 24.2. The van der Waals surface area contributed by atoms with Gasteiger partial charge in [-0.2, -0.15) is 18.4 Å². The number of aromatic nitrogens is 1. The van der Waals surface area contributed by atoms with Crippen LogP contribution in [0.4, 0.5) is 13.2 Å². The van der Waals surface area contributed by atoms with Crippen molar-refractivity contribution in [2.75, 3.05) is 0 Å². The first-order valence-corrected chi connectivity index (χ1v) is 10.1. The highest BCUT2D eigenvalue weighted by molar-refractivity contribution is 6.31. The number of pyridine rings is 1. The smallest absolute Gasteiger partial charge is 0.417 e. The molecule has 0 fully saturated rings. The second-order valence-corrected chi connectivity index (χ2v) is 7.63. The summed E-state index contributed by atoms with van der Waals surface area (Å²) in [6.45, 7) is 3.43. The molecule has 5 nitrogen and oxygen atoms in total. The van der Waals surface area contributed by atoms with Gasteiger partial charge in [0.25, 0.3) is 0 Å². The quantitative estimate of drug-likeness (QED) is 0.391. The fourth-order valence-electron chi connectivity index (χ4n) is 3.00. The molecule has 0 aliphatic rings. The Labute approximate surface area is 193 Å². The molecule has 3 aromatic rings. The Balaban J connectivity index is 1.67. The molecular formula is C24H18ClF3N2O3. The summed E-state index contributed by atoms with van der Waals surface area (Å²) in [6, 6.07) is 15.9. The van der Waals surface area contributed by atoms with Crippen molar-refractivity contribution in [3.8, 4) is 23.4 Å². The Morgan fingerprint density at radius 3 is 2.36 bits per heavy atom. The minimum Gasteiger partial charge on any atom is -0.483 e. The number of aryl methyl sites for hydroxylation is 1. The van der Waals surface area contributed by atoms with Crippen LogP contribution in [0, 0.1) is 18.3 Å². The van der Waals surface area contributed by atoms with Crippen molar-refractivity contribution in [3.63, 3.8) is 0 Å². The maximum absolute atomic E-state index is 12.8. The predicted octanol–water partition coefficient (Wildman–Crippen LogP) is 6.50. The van der Waals surface area contributed by atoms with Crippen LogP contribution in [0.2, 0.25) is 5.02 Å². The molecule has 1 heterocycles. The molecule has 2 aromatic carbocycles. The largest absolute Gasteiger partial charge is 0.483 e. The average Bonchev–Trinajstić information content (AvgIpc) is 2.76. The molecule has 0 bridgehead atoms. The van der Waals surface area contributed by atoms with E-state index in [0.29, 0.717) is 17.5 Å². The summed E-state index contributed by atoms with van der Waals surface area (Å²) in [7, 11) is 0. The third-order valence-electron chi connectivity index (χ3n) is 4.68. The number of rotatable bonds is 7. The van der Waals surface area contributed by atoms with Crippen LogP contribution in [0.3, 0.4) is 0 Å². The van der Waals surface area contributed by atoms with E-state index in [2.05, 4.69) is 4.98 Å². The van der Waals surface area contributed by atoms with Crippen molar-refractivity contribution >= 4 is 17.4 Å². The van der Waals surface area contributed by atoms with Gasteiger partial charge in [-0.1, -0.05) is 41.4 Å². The molecule has 1 aromatic heterocycles. The van der Waals surface area contributed by atoms with E-state index >= 15 is 0 Å². The number of nitriles is 1. The van der Waals surface area contributed by atoms with Gasteiger partial charge in [0.2, 0.25) is 5.88 Å². The second-order valence-electron chi connectivity index (χ2n) is 7.22. The van der Waals surface area contributed by atoms with E-state index in [1.807, 2.05) is 19.1 Å². The lowest BCUT2D eigenvalue weighted by Crippen LogP contribution is -2.28. The summed E-state index contributed by atoms with van der Waals surface area (Å²) in [5, 5.41) is 9.21. The minimum atomic E-state index is -4.56. The molecule has 9 heteroatoms. The van der Waals surface area contributed by atoms with Gasteiger partial charge in [0.1, 0.15) is 22.4 Å². The van der Waals surface area contributed by atoms with Crippen molar-refractivity contribution in [1.29, 1.82) is 5.26 Å². The number of benzene rings is 2. The number of ketones is 1. The van der Waals surface area contributed by atoms with Gasteiger partial charge in [-0.25, -0.2) is 4.98 Å². The lowest BCUT2D eigenvalue weighted by atomic mass is 9.92. The molecule has 0 radical (unpaired) electrons. The van der Waals surface area contributed by atoms with E-state index in [-0.39, 0.29) is 22.4 Å². The Morgan fingerprint density at radius 1 is 1.12 bits per heavy atom. The van der Waals surface area contributed by atoms with Gasteiger partial charge in [-0.15, -0.1) is 0 Å². The predicted molar refractivity (Wildman–Crippen MR) is 115 cm³/mol. The molecule has 3 rings (SSSR count). The third kappa shape index (κ3) is 6.02. The lowest BCUT2D eigenvalue weighted by molar-refractivity contribution is -0.137. The Morgan fingerprint density at radius 2 is 1.79 bits per heavy atom. The Bertz CT molecular complexity index is 1190. The summed E-state index contributed by atoms with van der Waals surface area (Å²) < 4.78 is 49.3. The minimum absolute atomic E-state index is 0.183.